The summed E-state index contributed by atoms with van der Waals surface area (Å²) in [6, 6.07) is 12.2. The Balaban J connectivity index is 1.23. The Labute approximate surface area is 260 Å². The zero-order valence-corrected chi connectivity index (χ0v) is 26.4. The van der Waals surface area contributed by atoms with Crippen LogP contribution in [0.15, 0.2) is 36.4 Å². The Hall–Kier alpha value is -3.30. The van der Waals surface area contributed by atoms with Gasteiger partial charge in [-0.15, -0.1) is 0 Å². The zero-order chi connectivity index (χ0) is 30.7. The van der Waals surface area contributed by atoms with Gasteiger partial charge in [-0.3, -0.25) is 9.59 Å². The number of halogens is 1. The number of nitrogen functional groups attached to an aromatic ring is 1. The molecule has 5 rings (SSSR count). The minimum absolute atomic E-state index is 0.00837. The fraction of sp³-hybridized carbons (Fsp3) is 0.545. The van der Waals surface area contributed by atoms with Gasteiger partial charge in [0, 0.05) is 56.9 Å². The van der Waals surface area contributed by atoms with Crippen LogP contribution >= 0.6 is 11.6 Å². The number of fused-ring (bicyclic) bond motifs is 1. The third kappa shape index (κ3) is 7.27. The van der Waals surface area contributed by atoms with Crippen LogP contribution in [0.3, 0.4) is 0 Å². The molecule has 2 fully saturated rings. The van der Waals surface area contributed by atoms with Crippen LogP contribution in [0.25, 0.3) is 0 Å². The maximum Gasteiger partial charge on any atom is 0.322 e. The van der Waals surface area contributed by atoms with Crippen molar-refractivity contribution in [3.05, 3.63) is 58.1 Å². The molecule has 2 aromatic rings. The SMILES string of the molecule is Cc1cc(C[C@@H](CC(=O)N2CCC(N3CCc4ccccc4NC3=O)CC2)C(=O)N2CCC(N(C)C)CC2)cc(Cl)c1N. The topological polar surface area (TPSA) is 102 Å². The van der Waals surface area contributed by atoms with Crippen LogP contribution in [0.2, 0.25) is 5.02 Å². The molecule has 0 aromatic heterocycles. The van der Waals surface area contributed by atoms with Gasteiger partial charge >= 0.3 is 6.03 Å². The molecule has 10 heteroatoms. The maximum atomic E-state index is 13.9. The van der Waals surface area contributed by atoms with E-state index in [-0.39, 0.29) is 30.3 Å². The summed E-state index contributed by atoms with van der Waals surface area (Å²) >= 11 is 6.40. The summed E-state index contributed by atoms with van der Waals surface area (Å²) in [6.45, 7) is 5.10. The quantitative estimate of drug-likeness (QED) is 0.453. The first-order valence-electron chi connectivity index (χ1n) is 15.5. The van der Waals surface area contributed by atoms with E-state index >= 15 is 0 Å². The fourth-order valence-electron chi connectivity index (χ4n) is 6.84. The minimum Gasteiger partial charge on any atom is -0.397 e. The number of piperidine rings is 2. The first kappa shape index (κ1) is 31.1. The van der Waals surface area contributed by atoms with Crippen LogP contribution in [0, 0.1) is 12.8 Å². The van der Waals surface area contributed by atoms with Crippen molar-refractivity contribution in [2.24, 2.45) is 5.92 Å². The number of anilines is 2. The summed E-state index contributed by atoms with van der Waals surface area (Å²) in [5.74, 6) is -0.451. The molecule has 3 heterocycles. The van der Waals surface area contributed by atoms with Gasteiger partial charge in [-0.1, -0.05) is 35.9 Å². The molecule has 9 nitrogen and oxygen atoms in total. The highest BCUT2D eigenvalue weighted by Gasteiger charge is 2.35. The number of hydrogen-bond acceptors (Lipinski definition) is 5. The molecule has 3 aliphatic rings. The number of nitrogens with one attached hydrogen (secondary N) is 1. The Kier molecular flexibility index (Phi) is 9.82. The second kappa shape index (κ2) is 13.6. The first-order chi connectivity index (χ1) is 20.6. The number of para-hydroxylation sites is 1. The van der Waals surface area contributed by atoms with Gasteiger partial charge in [-0.2, -0.15) is 0 Å². The summed E-state index contributed by atoms with van der Waals surface area (Å²) in [7, 11) is 4.16. The number of carbonyl (C=O) groups is 3. The fourth-order valence-corrected chi connectivity index (χ4v) is 7.13. The predicted molar refractivity (Wildman–Crippen MR) is 171 cm³/mol. The Morgan fingerprint density at radius 2 is 1.70 bits per heavy atom. The molecule has 2 saturated heterocycles. The summed E-state index contributed by atoms with van der Waals surface area (Å²) in [6.07, 6.45) is 4.68. The molecule has 2 aromatic carbocycles. The molecule has 0 radical (unpaired) electrons. The second-order valence-corrected chi connectivity index (χ2v) is 13.0. The molecule has 0 bridgehead atoms. The number of nitrogens with two attached hydrogens (primary N) is 1. The molecule has 0 saturated carbocycles. The highest BCUT2D eigenvalue weighted by atomic mass is 35.5. The summed E-state index contributed by atoms with van der Waals surface area (Å²) < 4.78 is 0. The van der Waals surface area contributed by atoms with Crippen LogP contribution in [0.1, 0.15) is 48.8 Å². The number of amides is 4. The molecular formula is C33H45ClN6O3. The van der Waals surface area contributed by atoms with Crippen molar-refractivity contribution in [3.63, 3.8) is 0 Å². The lowest BCUT2D eigenvalue weighted by Gasteiger charge is -2.39. The Morgan fingerprint density at radius 3 is 2.37 bits per heavy atom. The molecular weight excluding hydrogens is 564 g/mol. The smallest absolute Gasteiger partial charge is 0.322 e. The lowest BCUT2D eigenvalue weighted by molar-refractivity contribution is -0.143. The molecule has 3 N–H and O–H groups in total. The van der Waals surface area contributed by atoms with Crippen molar-refractivity contribution in [2.45, 2.75) is 64.0 Å². The number of nitrogens with zero attached hydrogens (tertiary/aromatic N) is 4. The molecule has 0 unspecified atom stereocenters. The van der Waals surface area contributed by atoms with Crippen molar-refractivity contribution in [1.29, 1.82) is 0 Å². The second-order valence-electron chi connectivity index (χ2n) is 12.6. The first-order valence-corrected chi connectivity index (χ1v) is 15.9. The minimum atomic E-state index is -0.477. The third-order valence-electron chi connectivity index (χ3n) is 9.55. The molecule has 4 amide bonds. The van der Waals surface area contributed by atoms with E-state index in [4.69, 9.17) is 17.3 Å². The van der Waals surface area contributed by atoms with Crippen molar-refractivity contribution in [1.82, 2.24) is 19.6 Å². The number of urea groups is 1. The van der Waals surface area contributed by atoms with Gasteiger partial charge in [-0.05, 0) is 88.4 Å². The number of benzene rings is 2. The monoisotopic (exact) mass is 608 g/mol. The lowest BCUT2D eigenvalue weighted by atomic mass is 9.91. The molecule has 0 spiro atoms. The normalized spacial score (nSPS) is 19.2. The van der Waals surface area contributed by atoms with Crippen molar-refractivity contribution in [2.75, 3.05) is 57.9 Å². The van der Waals surface area contributed by atoms with Crippen LogP contribution in [-0.2, 0) is 22.4 Å². The molecule has 0 aliphatic carbocycles. The Morgan fingerprint density at radius 1 is 1.02 bits per heavy atom. The van der Waals surface area contributed by atoms with E-state index < -0.39 is 5.92 Å². The van der Waals surface area contributed by atoms with E-state index in [1.165, 1.54) is 0 Å². The lowest BCUT2D eigenvalue weighted by Crippen LogP contribution is -2.51. The van der Waals surface area contributed by atoms with E-state index in [1.807, 2.05) is 52.0 Å². The van der Waals surface area contributed by atoms with E-state index in [0.717, 1.165) is 54.5 Å². The number of aryl methyl sites for hydroxylation is 1. The van der Waals surface area contributed by atoms with Gasteiger partial charge < -0.3 is 30.7 Å². The summed E-state index contributed by atoms with van der Waals surface area (Å²) in [4.78, 5) is 48.6. The van der Waals surface area contributed by atoms with E-state index in [2.05, 4.69) is 30.4 Å². The summed E-state index contributed by atoms with van der Waals surface area (Å²) in [5.41, 5.74) is 10.4. The van der Waals surface area contributed by atoms with E-state index in [0.29, 0.717) is 55.9 Å². The van der Waals surface area contributed by atoms with E-state index in [9.17, 15) is 14.4 Å². The van der Waals surface area contributed by atoms with Crippen LogP contribution < -0.4 is 11.1 Å². The van der Waals surface area contributed by atoms with Gasteiger partial charge in [-0.25, -0.2) is 4.79 Å². The van der Waals surface area contributed by atoms with Gasteiger partial charge in [0.05, 0.1) is 16.6 Å². The average Bonchev–Trinajstić information content (AvgIpc) is 3.17. The summed E-state index contributed by atoms with van der Waals surface area (Å²) in [5, 5.41) is 3.54. The van der Waals surface area contributed by atoms with Crippen molar-refractivity contribution >= 4 is 40.8 Å². The molecule has 43 heavy (non-hydrogen) atoms. The van der Waals surface area contributed by atoms with Crippen LogP contribution in [-0.4, -0.2) is 96.3 Å². The van der Waals surface area contributed by atoms with Gasteiger partial charge in [0.2, 0.25) is 11.8 Å². The highest BCUT2D eigenvalue weighted by molar-refractivity contribution is 6.33. The van der Waals surface area contributed by atoms with Crippen LogP contribution in [0.4, 0.5) is 16.2 Å². The maximum absolute atomic E-state index is 13.9. The number of carbonyl (C=O) groups excluding carboxylic acids is 3. The average molecular weight is 609 g/mol. The molecule has 232 valence electrons. The van der Waals surface area contributed by atoms with Crippen LogP contribution in [0.5, 0.6) is 0 Å². The molecule has 3 aliphatic heterocycles. The highest BCUT2D eigenvalue weighted by Crippen LogP contribution is 2.29. The van der Waals surface area contributed by atoms with Crippen molar-refractivity contribution < 1.29 is 14.4 Å². The largest absolute Gasteiger partial charge is 0.397 e. The molecule has 1 atom stereocenters. The van der Waals surface area contributed by atoms with Gasteiger partial charge in [0.15, 0.2) is 0 Å². The van der Waals surface area contributed by atoms with E-state index in [1.54, 1.807) is 0 Å². The third-order valence-corrected chi connectivity index (χ3v) is 9.87. The predicted octanol–water partition coefficient (Wildman–Crippen LogP) is 4.41. The number of hydrogen-bond donors (Lipinski definition) is 2. The number of likely N-dealkylation sites (tertiary alicyclic amines) is 2. The number of rotatable bonds is 7. The van der Waals surface area contributed by atoms with Gasteiger partial charge in [0.1, 0.15) is 0 Å². The zero-order valence-electron chi connectivity index (χ0n) is 25.7. The Bertz CT molecular complexity index is 1310. The van der Waals surface area contributed by atoms with Gasteiger partial charge in [0.25, 0.3) is 0 Å². The standard InChI is InChI=1S/C33H45ClN6O3/c1-22-18-23(20-28(34)31(22)35)19-25(32(42)39-15-9-26(10-16-39)37(2)3)21-30(41)38-13-11-27(12-14-38)40-17-8-24-6-4-5-7-29(24)36-33(40)43/h4-7,18,20,25-27H,8-17,19,21,35H2,1-3H3,(H,36,43)/t25-/m0/s1. The van der Waals surface area contributed by atoms with Crippen molar-refractivity contribution in [3.8, 4) is 0 Å².